The average Bonchev–Trinajstić information content (AvgIpc) is 2.64. The smallest absolute Gasteiger partial charge is 0.239 e. The second-order valence-corrected chi connectivity index (χ2v) is 3.18. The molecule has 0 radical (unpaired) electrons. The van der Waals surface area contributed by atoms with Crippen LogP contribution >= 0.6 is 11.3 Å². The van der Waals surface area contributed by atoms with Crippen LogP contribution in [0.5, 0.6) is 0 Å². The van der Waals surface area contributed by atoms with E-state index in [2.05, 4.69) is 22.2 Å². The molecule has 0 saturated carbocycles. The number of anilines is 1. The van der Waals surface area contributed by atoms with Crippen molar-refractivity contribution >= 4 is 22.4 Å². The number of aromatic nitrogens is 1. The van der Waals surface area contributed by atoms with Crippen molar-refractivity contribution in [2.45, 2.75) is 0 Å². The largest absolute Gasteiger partial charge is 0.352 e. The summed E-state index contributed by atoms with van der Waals surface area (Å²) in [5.41, 5.74) is 0. The minimum atomic E-state index is -0.0601. The predicted octanol–water partition coefficient (Wildman–Crippen LogP) is 0.857. The fraction of sp³-hybridized carbons (Fsp3) is 0.250. The van der Waals surface area contributed by atoms with Gasteiger partial charge in [-0.25, -0.2) is 4.98 Å². The molecule has 0 atom stereocenters. The third-order valence-electron chi connectivity index (χ3n) is 1.28. The number of thiazole rings is 1. The number of nitrogens with zero attached hydrogens (tertiary/aromatic N) is 1. The maximum atomic E-state index is 11.1. The monoisotopic (exact) mass is 197 g/mol. The van der Waals surface area contributed by atoms with Gasteiger partial charge >= 0.3 is 0 Å². The number of hydrogen-bond donors (Lipinski definition) is 2. The summed E-state index contributed by atoms with van der Waals surface area (Å²) in [5, 5.41) is 8.16. The van der Waals surface area contributed by atoms with Gasteiger partial charge in [0.15, 0.2) is 5.13 Å². The first kappa shape index (κ1) is 9.73. The Morgan fingerprint density at radius 1 is 1.77 bits per heavy atom. The fourth-order valence-corrected chi connectivity index (χ4v) is 1.24. The van der Waals surface area contributed by atoms with E-state index in [0.717, 1.165) is 5.13 Å². The Balaban J connectivity index is 2.19. The molecule has 13 heavy (non-hydrogen) atoms. The van der Waals surface area contributed by atoms with Crippen LogP contribution in [0.15, 0.2) is 24.2 Å². The van der Waals surface area contributed by atoms with Gasteiger partial charge in [-0.15, -0.1) is 17.9 Å². The molecular formula is C8H11N3OS. The average molecular weight is 197 g/mol. The van der Waals surface area contributed by atoms with Crippen LogP contribution in [0.1, 0.15) is 0 Å². The number of rotatable bonds is 5. The first-order valence-electron chi connectivity index (χ1n) is 3.84. The molecule has 1 heterocycles. The third kappa shape index (κ3) is 3.71. The first-order chi connectivity index (χ1) is 6.33. The Morgan fingerprint density at radius 2 is 2.62 bits per heavy atom. The molecule has 0 bridgehead atoms. The van der Waals surface area contributed by atoms with Crippen molar-refractivity contribution in [3.05, 3.63) is 24.2 Å². The van der Waals surface area contributed by atoms with E-state index >= 15 is 0 Å². The van der Waals surface area contributed by atoms with Crippen LogP contribution in [0, 0.1) is 0 Å². The topological polar surface area (TPSA) is 54.0 Å². The summed E-state index contributed by atoms with van der Waals surface area (Å²) in [4.78, 5) is 15.0. The molecule has 0 aliphatic heterocycles. The molecule has 2 N–H and O–H groups in total. The predicted molar refractivity (Wildman–Crippen MR) is 53.8 cm³/mol. The van der Waals surface area contributed by atoms with E-state index in [-0.39, 0.29) is 12.5 Å². The SMILES string of the molecule is C=CCNC(=O)CNc1nccs1. The van der Waals surface area contributed by atoms with Crippen molar-refractivity contribution in [2.75, 3.05) is 18.4 Å². The minimum Gasteiger partial charge on any atom is -0.352 e. The van der Waals surface area contributed by atoms with Gasteiger partial charge in [-0.3, -0.25) is 4.79 Å². The van der Waals surface area contributed by atoms with Crippen LogP contribution in [0.3, 0.4) is 0 Å². The lowest BCUT2D eigenvalue weighted by Gasteiger charge is -2.02. The molecule has 1 aromatic heterocycles. The van der Waals surface area contributed by atoms with E-state index < -0.39 is 0 Å². The van der Waals surface area contributed by atoms with Crippen LogP contribution < -0.4 is 10.6 Å². The molecule has 0 fully saturated rings. The molecule has 0 aliphatic rings. The number of amides is 1. The number of nitrogens with one attached hydrogen (secondary N) is 2. The summed E-state index contributed by atoms with van der Waals surface area (Å²) < 4.78 is 0. The Morgan fingerprint density at radius 3 is 3.23 bits per heavy atom. The van der Waals surface area contributed by atoms with Gasteiger partial charge in [0.25, 0.3) is 0 Å². The summed E-state index contributed by atoms with van der Waals surface area (Å²) in [6.07, 6.45) is 3.33. The lowest BCUT2D eigenvalue weighted by molar-refractivity contribution is -0.119. The van der Waals surface area contributed by atoms with Gasteiger partial charge in [-0.1, -0.05) is 6.08 Å². The Hall–Kier alpha value is -1.36. The molecule has 0 aliphatic carbocycles. The molecule has 0 unspecified atom stereocenters. The van der Waals surface area contributed by atoms with Crippen molar-refractivity contribution in [1.29, 1.82) is 0 Å². The fourth-order valence-electron chi connectivity index (χ4n) is 0.715. The lowest BCUT2D eigenvalue weighted by Crippen LogP contribution is -2.29. The highest BCUT2D eigenvalue weighted by Gasteiger charge is 1.99. The molecule has 70 valence electrons. The normalized spacial score (nSPS) is 9.23. The zero-order valence-corrected chi connectivity index (χ0v) is 7.93. The summed E-state index contributed by atoms with van der Waals surface area (Å²) in [5.74, 6) is -0.0601. The summed E-state index contributed by atoms with van der Waals surface area (Å²) in [6.45, 7) is 4.25. The van der Waals surface area contributed by atoms with E-state index in [4.69, 9.17) is 0 Å². The zero-order chi connectivity index (χ0) is 9.52. The van der Waals surface area contributed by atoms with Crippen molar-refractivity contribution in [1.82, 2.24) is 10.3 Å². The molecule has 5 heteroatoms. The molecule has 4 nitrogen and oxygen atoms in total. The minimum absolute atomic E-state index is 0.0601. The third-order valence-corrected chi connectivity index (χ3v) is 2.01. The Kier molecular flexibility index (Phi) is 3.98. The van der Waals surface area contributed by atoms with Crippen LogP contribution in [0.2, 0.25) is 0 Å². The Labute approximate surface area is 80.7 Å². The molecule has 1 amide bonds. The quantitative estimate of drug-likeness (QED) is 0.688. The van der Waals surface area contributed by atoms with Gasteiger partial charge in [0.1, 0.15) is 0 Å². The second kappa shape index (κ2) is 5.31. The van der Waals surface area contributed by atoms with Gasteiger partial charge < -0.3 is 10.6 Å². The molecule has 0 aromatic carbocycles. The van der Waals surface area contributed by atoms with Crippen LogP contribution in [-0.4, -0.2) is 24.0 Å². The van der Waals surface area contributed by atoms with E-state index in [1.165, 1.54) is 11.3 Å². The molecule has 0 saturated heterocycles. The van der Waals surface area contributed by atoms with E-state index in [0.29, 0.717) is 6.54 Å². The van der Waals surface area contributed by atoms with Gasteiger partial charge in [-0.05, 0) is 0 Å². The van der Waals surface area contributed by atoms with Crippen molar-refractivity contribution < 1.29 is 4.79 Å². The van der Waals surface area contributed by atoms with E-state index in [1.54, 1.807) is 12.3 Å². The van der Waals surface area contributed by atoms with Gasteiger partial charge in [0, 0.05) is 18.1 Å². The van der Waals surface area contributed by atoms with E-state index in [1.807, 2.05) is 5.38 Å². The lowest BCUT2D eigenvalue weighted by atomic mass is 10.5. The number of hydrogen-bond acceptors (Lipinski definition) is 4. The highest BCUT2D eigenvalue weighted by molar-refractivity contribution is 7.13. The van der Waals surface area contributed by atoms with Crippen molar-refractivity contribution in [2.24, 2.45) is 0 Å². The highest BCUT2D eigenvalue weighted by Crippen LogP contribution is 2.08. The van der Waals surface area contributed by atoms with Gasteiger partial charge in [0.05, 0.1) is 6.54 Å². The van der Waals surface area contributed by atoms with E-state index in [9.17, 15) is 4.79 Å². The second-order valence-electron chi connectivity index (χ2n) is 2.28. The summed E-state index contributed by atoms with van der Waals surface area (Å²) in [6, 6.07) is 0. The molecular weight excluding hydrogens is 186 g/mol. The molecule has 1 rings (SSSR count). The standard InChI is InChI=1S/C8H11N3OS/c1-2-3-9-7(12)6-11-8-10-4-5-13-8/h2,4-5H,1,3,6H2,(H,9,12)(H,10,11). The van der Waals surface area contributed by atoms with Gasteiger partial charge in [-0.2, -0.15) is 0 Å². The van der Waals surface area contributed by atoms with Crippen LogP contribution in [0.25, 0.3) is 0 Å². The van der Waals surface area contributed by atoms with Gasteiger partial charge in [0.2, 0.25) is 5.91 Å². The maximum Gasteiger partial charge on any atom is 0.239 e. The first-order valence-corrected chi connectivity index (χ1v) is 4.72. The van der Waals surface area contributed by atoms with Crippen LogP contribution in [-0.2, 0) is 4.79 Å². The Bertz CT molecular complexity index is 271. The summed E-state index contributed by atoms with van der Waals surface area (Å²) >= 11 is 1.47. The highest BCUT2D eigenvalue weighted by atomic mass is 32.1. The van der Waals surface area contributed by atoms with Crippen LogP contribution in [0.4, 0.5) is 5.13 Å². The number of carbonyl (C=O) groups is 1. The zero-order valence-electron chi connectivity index (χ0n) is 7.12. The molecule has 0 spiro atoms. The number of carbonyl (C=O) groups excluding carboxylic acids is 1. The van der Waals surface area contributed by atoms with Crippen molar-refractivity contribution in [3.63, 3.8) is 0 Å². The maximum absolute atomic E-state index is 11.1. The van der Waals surface area contributed by atoms with Crippen molar-refractivity contribution in [3.8, 4) is 0 Å². The summed E-state index contributed by atoms with van der Waals surface area (Å²) in [7, 11) is 0. The molecule has 1 aromatic rings.